The maximum atomic E-state index is 12.2. The Hall–Kier alpha value is -3.31. The monoisotopic (exact) mass is 362 g/mol. The first-order chi connectivity index (χ1) is 13.2. The van der Waals surface area contributed by atoms with Crippen molar-refractivity contribution in [3.05, 3.63) is 90.5 Å². The van der Waals surface area contributed by atoms with Crippen molar-refractivity contribution in [3.63, 3.8) is 0 Å². The fourth-order valence-corrected chi connectivity index (χ4v) is 2.63. The number of urea groups is 1. The zero-order chi connectivity index (χ0) is 18.9. The number of anilines is 1. The Bertz CT molecular complexity index is 854. The van der Waals surface area contributed by atoms with Crippen LogP contribution in [0.3, 0.4) is 0 Å². The van der Waals surface area contributed by atoms with Gasteiger partial charge in [-0.25, -0.2) is 4.79 Å². The Kier molecular flexibility index (Phi) is 6.44. The van der Waals surface area contributed by atoms with Gasteiger partial charge in [0, 0.05) is 25.4 Å². The van der Waals surface area contributed by atoms with Crippen molar-refractivity contribution in [2.24, 2.45) is 0 Å². The van der Waals surface area contributed by atoms with E-state index in [1.807, 2.05) is 78.9 Å². The van der Waals surface area contributed by atoms with Crippen molar-refractivity contribution in [3.8, 4) is 11.5 Å². The number of ether oxygens (including phenoxy) is 2. The molecule has 1 atom stereocenters. The van der Waals surface area contributed by atoms with Gasteiger partial charge < -0.3 is 20.1 Å². The summed E-state index contributed by atoms with van der Waals surface area (Å²) in [6.07, 6.45) is -0.204. The van der Waals surface area contributed by atoms with Crippen LogP contribution in [0.1, 0.15) is 11.7 Å². The Morgan fingerprint density at radius 3 is 2.26 bits per heavy atom. The van der Waals surface area contributed by atoms with Gasteiger partial charge >= 0.3 is 6.03 Å². The van der Waals surface area contributed by atoms with Crippen LogP contribution in [0.15, 0.2) is 84.9 Å². The average molecular weight is 362 g/mol. The highest BCUT2D eigenvalue weighted by molar-refractivity contribution is 5.89. The maximum absolute atomic E-state index is 12.2. The third-order valence-electron chi connectivity index (χ3n) is 3.97. The molecule has 5 nitrogen and oxygen atoms in total. The molecule has 3 rings (SSSR count). The minimum atomic E-state index is -0.301. The van der Waals surface area contributed by atoms with Crippen LogP contribution in [0.5, 0.6) is 11.5 Å². The fraction of sp³-hybridized carbons (Fsp3) is 0.136. The number of hydrogen-bond donors (Lipinski definition) is 2. The lowest BCUT2D eigenvalue weighted by molar-refractivity contribution is 0.104. The first-order valence-corrected chi connectivity index (χ1v) is 8.70. The van der Waals surface area contributed by atoms with Gasteiger partial charge in [0.25, 0.3) is 0 Å². The first kappa shape index (κ1) is 18.5. The molecule has 0 fully saturated rings. The summed E-state index contributed by atoms with van der Waals surface area (Å²) in [5, 5.41) is 5.65. The number of carbonyl (C=O) groups is 1. The molecule has 2 N–H and O–H groups in total. The molecular weight excluding hydrogens is 340 g/mol. The number of nitrogens with one attached hydrogen (secondary N) is 2. The highest BCUT2D eigenvalue weighted by atomic mass is 16.5. The van der Waals surface area contributed by atoms with Crippen LogP contribution >= 0.6 is 0 Å². The lowest BCUT2D eigenvalue weighted by Crippen LogP contribution is -2.32. The molecule has 1 unspecified atom stereocenters. The van der Waals surface area contributed by atoms with Crippen LogP contribution in [0.2, 0.25) is 0 Å². The number of carbonyl (C=O) groups excluding carboxylic acids is 1. The molecule has 0 aromatic heterocycles. The minimum absolute atomic E-state index is 0.204. The second-order valence-corrected chi connectivity index (χ2v) is 5.91. The molecule has 3 aromatic carbocycles. The van der Waals surface area contributed by atoms with E-state index in [2.05, 4.69) is 10.6 Å². The first-order valence-electron chi connectivity index (χ1n) is 8.70. The molecule has 0 saturated heterocycles. The Morgan fingerprint density at radius 2 is 1.56 bits per heavy atom. The molecule has 2 amide bonds. The molecule has 0 saturated carbocycles. The molecule has 27 heavy (non-hydrogen) atoms. The van der Waals surface area contributed by atoms with Gasteiger partial charge in [-0.15, -0.1) is 0 Å². The molecule has 0 spiro atoms. The summed E-state index contributed by atoms with van der Waals surface area (Å²) in [7, 11) is 1.63. The van der Waals surface area contributed by atoms with Crippen LogP contribution < -0.4 is 15.4 Å². The largest absolute Gasteiger partial charge is 0.457 e. The predicted octanol–water partition coefficient (Wildman–Crippen LogP) is 4.99. The normalized spacial score (nSPS) is 11.4. The van der Waals surface area contributed by atoms with Crippen molar-refractivity contribution in [2.45, 2.75) is 6.10 Å². The molecule has 0 aliphatic heterocycles. The molecule has 0 bridgehead atoms. The molecule has 0 aliphatic carbocycles. The van der Waals surface area contributed by atoms with Crippen molar-refractivity contribution >= 4 is 11.7 Å². The molecule has 5 heteroatoms. The van der Waals surface area contributed by atoms with Crippen molar-refractivity contribution in [1.29, 1.82) is 0 Å². The maximum Gasteiger partial charge on any atom is 0.319 e. The van der Waals surface area contributed by atoms with Crippen LogP contribution in [0, 0.1) is 0 Å². The van der Waals surface area contributed by atoms with E-state index in [9.17, 15) is 4.79 Å². The topological polar surface area (TPSA) is 59.6 Å². The summed E-state index contributed by atoms with van der Waals surface area (Å²) in [5.74, 6) is 1.39. The predicted molar refractivity (Wildman–Crippen MR) is 106 cm³/mol. The standard InChI is InChI=1S/C22H22N2O3/c1-26-21(17-9-4-2-5-10-17)16-23-22(25)24-18-11-8-14-20(15-18)27-19-12-6-3-7-13-19/h2-15,21H,16H2,1H3,(H2,23,24,25). The zero-order valence-electron chi connectivity index (χ0n) is 15.1. The van der Waals surface area contributed by atoms with Crippen molar-refractivity contribution in [2.75, 3.05) is 19.0 Å². The third kappa shape index (κ3) is 5.59. The third-order valence-corrected chi connectivity index (χ3v) is 3.97. The quantitative estimate of drug-likeness (QED) is 0.623. The highest BCUT2D eigenvalue weighted by Gasteiger charge is 2.12. The van der Waals surface area contributed by atoms with Crippen LogP contribution in [0.25, 0.3) is 0 Å². The Labute approximate surface area is 158 Å². The van der Waals surface area contributed by atoms with Crippen LogP contribution in [-0.2, 0) is 4.74 Å². The number of hydrogen-bond acceptors (Lipinski definition) is 3. The van der Waals surface area contributed by atoms with E-state index in [1.54, 1.807) is 13.2 Å². The van der Waals surface area contributed by atoms with Gasteiger partial charge in [-0.05, 0) is 29.8 Å². The average Bonchev–Trinajstić information content (AvgIpc) is 2.70. The molecule has 0 heterocycles. The number of amides is 2. The van der Waals surface area contributed by atoms with Gasteiger partial charge in [-0.2, -0.15) is 0 Å². The number of rotatable bonds is 7. The molecule has 0 aliphatic rings. The summed E-state index contributed by atoms with van der Waals surface area (Å²) in [4.78, 5) is 12.2. The van der Waals surface area contributed by atoms with Gasteiger partial charge in [0.15, 0.2) is 0 Å². The number of para-hydroxylation sites is 1. The molecular formula is C22H22N2O3. The lowest BCUT2D eigenvalue weighted by atomic mass is 10.1. The van der Waals surface area contributed by atoms with Gasteiger partial charge in [-0.1, -0.05) is 54.6 Å². The van der Waals surface area contributed by atoms with Crippen LogP contribution in [-0.4, -0.2) is 19.7 Å². The summed E-state index contributed by atoms with van der Waals surface area (Å²) < 4.78 is 11.2. The van der Waals surface area contributed by atoms with E-state index in [4.69, 9.17) is 9.47 Å². The summed E-state index contributed by atoms with van der Waals surface area (Å²) >= 11 is 0. The van der Waals surface area contributed by atoms with Gasteiger partial charge in [0.1, 0.15) is 11.5 Å². The van der Waals surface area contributed by atoms with E-state index in [1.165, 1.54) is 0 Å². The Morgan fingerprint density at radius 1 is 0.889 bits per heavy atom. The lowest BCUT2D eigenvalue weighted by Gasteiger charge is -2.17. The second-order valence-electron chi connectivity index (χ2n) is 5.91. The summed E-state index contributed by atoms with van der Waals surface area (Å²) in [6, 6.07) is 26.2. The minimum Gasteiger partial charge on any atom is -0.457 e. The zero-order valence-corrected chi connectivity index (χ0v) is 15.1. The van der Waals surface area contributed by atoms with Gasteiger partial charge in [0.2, 0.25) is 0 Å². The molecule has 0 radical (unpaired) electrons. The number of methoxy groups -OCH3 is 1. The second kappa shape index (κ2) is 9.40. The van der Waals surface area contributed by atoms with E-state index >= 15 is 0 Å². The fourth-order valence-electron chi connectivity index (χ4n) is 2.63. The summed E-state index contributed by atoms with van der Waals surface area (Å²) in [6.45, 7) is 0.368. The Balaban J connectivity index is 1.55. The smallest absolute Gasteiger partial charge is 0.319 e. The van der Waals surface area contributed by atoms with Crippen molar-refractivity contribution < 1.29 is 14.3 Å². The van der Waals surface area contributed by atoms with E-state index in [0.29, 0.717) is 18.0 Å². The van der Waals surface area contributed by atoms with E-state index in [0.717, 1.165) is 11.3 Å². The molecule has 3 aromatic rings. The van der Waals surface area contributed by atoms with Gasteiger partial charge in [0.05, 0.1) is 6.10 Å². The van der Waals surface area contributed by atoms with Crippen molar-refractivity contribution in [1.82, 2.24) is 5.32 Å². The van der Waals surface area contributed by atoms with E-state index in [-0.39, 0.29) is 12.1 Å². The number of benzene rings is 3. The molecule has 138 valence electrons. The SMILES string of the molecule is COC(CNC(=O)Nc1cccc(Oc2ccccc2)c1)c1ccccc1. The van der Waals surface area contributed by atoms with Crippen LogP contribution in [0.4, 0.5) is 10.5 Å². The van der Waals surface area contributed by atoms with E-state index < -0.39 is 0 Å². The highest BCUT2D eigenvalue weighted by Crippen LogP contribution is 2.23. The summed E-state index contributed by atoms with van der Waals surface area (Å²) in [5.41, 5.74) is 1.66. The van der Waals surface area contributed by atoms with Gasteiger partial charge in [-0.3, -0.25) is 0 Å².